The van der Waals surface area contributed by atoms with Gasteiger partial charge in [0.1, 0.15) is 0 Å². The molecule has 0 spiro atoms. The molecular formula is C17H23NO2. The van der Waals surface area contributed by atoms with Gasteiger partial charge in [-0.1, -0.05) is 44.2 Å². The third kappa shape index (κ3) is 3.71. The summed E-state index contributed by atoms with van der Waals surface area (Å²) in [7, 11) is 2.06. The van der Waals surface area contributed by atoms with E-state index in [1.165, 1.54) is 0 Å². The molecular weight excluding hydrogens is 250 g/mol. The summed E-state index contributed by atoms with van der Waals surface area (Å²) in [6.07, 6.45) is 2.97. The van der Waals surface area contributed by atoms with Crippen molar-refractivity contribution in [3.05, 3.63) is 60.1 Å². The molecule has 1 unspecified atom stereocenters. The third-order valence-corrected chi connectivity index (χ3v) is 3.57. The third-order valence-electron chi connectivity index (χ3n) is 3.57. The number of aliphatic hydroxyl groups is 1. The van der Waals surface area contributed by atoms with E-state index >= 15 is 0 Å². The molecule has 20 heavy (non-hydrogen) atoms. The predicted molar refractivity (Wildman–Crippen MR) is 80.2 cm³/mol. The SMILES string of the molecule is CN(Cc1ccoc1)CC(C)(C)C(O)c1ccccc1. The van der Waals surface area contributed by atoms with Crippen LogP contribution >= 0.6 is 0 Å². The Kier molecular flexibility index (Phi) is 4.63. The quantitative estimate of drug-likeness (QED) is 0.875. The summed E-state index contributed by atoms with van der Waals surface area (Å²) in [5, 5.41) is 10.6. The molecule has 0 saturated heterocycles. The largest absolute Gasteiger partial charge is 0.472 e. The van der Waals surface area contributed by atoms with E-state index in [0.717, 1.165) is 24.2 Å². The molecule has 1 heterocycles. The van der Waals surface area contributed by atoms with Crippen molar-refractivity contribution in [3.63, 3.8) is 0 Å². The minimum Gasteiger partial charge on any atom is -0.472 e. The lowest BCUT2D eigenvalue weighted by molar-refractivity contribution is 0.0243. The van der Waals surface area contributed by atoms with Crippen LogP contribution in [0.15, 0.2) is 53.3 Å². The molecule has 0 aliphatic carbocycles. The van der Waals surface area contributed by atoms with E-state index in [-0.39, 0.29) is 5.41 Å². The fraction of sp³-hybridized carbons (Fsp3) is 0.412. The van der Waals surface area contributed by atoms with Crippen molar-refractivity contribution in [2.45, 2.75) is 26.5 Å². The molecule has 0 aliphatic heterocycles. The van der Waals surface area contributed by atoms with Crippen molar-refractivity contribution in [2.75, 3.05) is 13.6 Å². The van der Waals surface area contributed by atoms with Gasteiger partial charge in [0.2, 0.25) is 0 Å². The minimum absolute atomic E-state index is 0.222. The van der Waals surface area contributed by atoms with E-state index in [9.17, 15) is 5.11 Å². The Hall–Kier alpha value is -1.58. The van der Waals surface area contributed by atoms with Gasteiger partial charge in [-0.05, 0) is 18.7 Å². The van der Waals surface area contributed by atoms with Crippen LogP contribution in [0.4, 0.5) is 0 Å². The summed E-state index contributed by atoms with van der Waals surface area (Å²) in [6.45, 7) is 5.81. The van der Waals surface area contributed by atoms with Crippen molar-refractivity contribution in [3.8, 4) is 0 Å². The van der Waals surface area contributed by atoms with Crippen LogP contribution in [0.2, 0.25) is 0 Å². The zero-order chi connectivity index (χ0) is 14.6. The molecule has 0 aliphatic rings. The Morgan fingerprint density at radius 3 is 2.50 bits per heavy atom. The molecule has 3 nitrogen and oxygen atoms in total. The second kappa shape index (κ2) is 6.25. The zero-order valence-corrected chi connectivity index (χ0v) is 12.4. The summed E-state index contributed by atoms with van der Waals surface area (Å²) in [5.41, 5.74) is 1.89. The molecule has 1 aromatic heterocycles. The highest BCUT2D eigenvalue weighted by Gasteiger charge is 2.30. The van der Waals surface area contributed by atoms with E-state index in [2.05, 4.69) is 25.8 Å². The van der Waals surface area contributed by atoms with Crippen molar-refractivity contribution in [1.29, 1.82) is 0 Å². The number of benzene rings is 1. The number of aliphatic hydroxyl groups excluding tert-OH is 1. The first-order valence-corrected chi connectivity index (χ1v) is 6.92. The highest BCUT2D eigenvalue weighted by atomic mass is 16.3. The molecule has 0 radical (unpaired) electrons. The van der Waals surface area contributed by atoms with Crippen molar-refractivity contribution in [2.24, 2.45) is 5.41 Å². The van der Waals surface area contributed by atoms with E-state index < -0.39 is 6.10 Å². The monoisotopic (exact) mass is 273 g/mol. The number of furan rings is 1. The Morgan fingerprint density at radius 2 is 1.90 bits per heavy atom. The highest BCUT2D eigenvalue weighted by Crippen LogP contribution is 2.34. The Morgan fingerprint density at radius 1 is 1.20 bits per heavy atom. The minimum atomic E-state index is -0.476. The average molecular weight is 273 g/mol. The average Bonchev–Trinajstić information content (AvgIpc) is 2.91. The van der Waals surface area contributed by atoms with Gasteiger partial charge in [0, 0.05) is 24.1 Å². The van der Waals surface area contributed by atoms with Crippen LogP contribution in [0.25, 0.3) is 0 Å². The van der Waals surface area contributed by atoms with E-state index in [1.807, 2.05) is 36.4 Å². The van der Waals surface area contributed by atoms with Gasteiger partial charge in [-0.3, -0.25) is 0 Å². The van der Waals surface area contributed by atoms with Gasteiger partial charge in [-0.2, -0.15) is 0 Å². The van der Waals surface area contributed by atoms with Crippen LogP contribution in [0.1, 0.15) is 31.1 Å². The molecule has 2 rings (SSSR count). The summed E-state index contributed by atoms with van der Waals surface area (Å²) < 4.78 is 5.09. The van der Waals surface area contributed by atoms with Crippen LogP contribution in [0.3, 0.4) is 0 Å². The lowest BCUT2D eigenvalue weighted by Gasteiger charge is -2.34. The van der Waals surface area contributed by atoms with Gasteiger partial charge >= 0.3 is 0 Å². The molecule has 1 atom stereocenters. The fourth-order valence-electron chi connectivity index (χ4n) is 2.62. The van der Waals surface area contributed by atoms with Gasteiger partial charge in [0.25, 0.3) is 0 Å². The molecule has 108 valence electrons. The smallest absolute Gasteiger partial charge is 0.0947 e. The zero-order valence-electron chi connectivity index (χ0n) is 12.4. The van der Waals surface area contributed by atoms with Gasteiger partial charge in [0.15, 0.2) is 0 Å². The van der Waals surface area contributed by atoms with Gasteiger partial charge in [0.05, 0.1) is 18.6 Å². The Labute approximate surface area is 120 Å². The first-order chi connectivity index (χ1) is 9.49. The van der Waals surface area contributed by atoms with Crippen LogP contribution in [0, 0.1) is 5.41 Å². The van der Waals surface area contributed by atoms with Crippen LogP contribution in [-0.2, 0) is 6.54 Å². The first kappa shape index (κ1) is 14.8. The molecule has 0 fully saturated rings. The maximum Gasteiger partial charge on any atom is 0.0947 e. The second-order valence-electron chi connectivity index (χ2n) is 6.11. The summed E-state index contributed by atoms with van der Waals surface area (Å²) in [4.78, 5) is 2.21. The molecule has 2 aromatic rings. The van der Waals surface area contributed by atoms with Gasteiger partial charge < -0.3 is 14.4 Å². The molecule has 1 N–H and O–H groups in total. The van der Waals surface area contributed by atoms with E-state index in [0.29, 0.717) is 0 Å². The maximum absolute atomic E-state index is 10.6. The Balaban J connectivity index is 1.99. The first-order valence-electron chi connectivity index (χ1n) is 6.92. The van der Waals surface area contributed by atoms with Crippen LogP contribution in [0.5, 0.6) is 0 Å². The lowest BCUT2D eigenvalue weighted by Crippen LogP contribution is -2.35. The topological polar surface area (TPSA) is 36.6 Å². The van der Waals surface area contributed by atoms with Crippen molar-refractivity contribution >= 4 is 0 Å². The van der Waals surface area contributed by atoms with E-state index in [4.69, 9.17) is 4.42 Å². The molecule has 0 bridgehead atoms. The number of nitrogens with zero attached hydrogens (tertiary/aromatic N) is 1. The fourth-order valence-corrected chi connectivity index (χ4v) is 2.62. The van der Waals surface area contributed by atoms with Gasteiger partial charge in [-0.15, -0.1) is 0 Å². The normalized spacial score (nSPS) is 13.7. The standard InChI is InChI=1S/C17H23NO2/c1-17(2,16(19)15-7-5-4-6-8-15)13-18(3)11-14-9-10-20-12-14/h4-10,12,16,19H,11,13H2,1-3H3. The lowest BCUT2D eigenvalue weighted by atomic mass is 9.82. The number of rotatable bonds is 6. The second-order valence-corrected chi connectivity index (χ2v) is 6.11. The van der Waals surface area contributed by atoms with Crippen molar-refractivity contribution < 1.29 is 9.52 Å². The number of hydrogen-bond donors (Lipinski definition) is 1. The van der Waals surface area contributed by atoms with E-state index in [1.54, 1.807) is 12.5 Å². The molecule has 0 amide bonds. The summed E-state index contributed by atoms with van der Waals surface area (Å²) in [5.74, 6) is 0. The van der Waals surface area contributed by atoms with Gasteiger partial charge in [-0.25, -0.2) is 0 Å². The predicted octanol–water partition coefficient (Wildman–Crippen LogP) is 3.47. The number of hydrogen-bond acceptors (Lipinski definition) is 3. The van der Waals surface area contributed by atoms with Crippen LogP contribution < -0.4 is 0 Å². The van der Waals surface area contributed by atoms with Crippen LogP contribution in [-0.4, -0.2) is 23.6 Å². The molecule has 0 saturated carbocycles. The summed E-state index contributed by atoms with van der Waals surface area (Å²) >= 11 is 0. The van der Waals surface area contributed by atoms with Crippen molar-refractivity contribution in [1.82, 2.24) is 4.90 Å². The molecule has 1 aromatic carbocycles. The maximum atomic E-state index is 10.6. The Bertz CT molecular complexity index is 505. The summed E-state index contributed by atoms with van der Waals surface area (Å²) in [6, 6.07) is 11.8. The highest BCUT2D eigenvalue weighted by molar-refractivity contribution is 5.19. The molecule has 3 heteroatoms.